The first-order chi connectivity index (χ1) is 18.5. The number of aryl methyl sites for hydroxylation is 1. The van der Waals surface area contributed by atoms with E-state index in [-0.39, 0.29) is 5.75 Å². The van der Waals surface area contributed by atoms with E-state index >= 15 is 0 Å². The van der Waals surface area contributed by atoms with Gasteiger partial charge >= 0.3 is 0 Å². The van der Waals surface area contributed by atoms with Gasteiger partial charge < -0.3 is 14.2 Å². The summed E-state index contributed by atoms with van der Waals surface area (Å²) < 4.78 is 52.4. The van der Waals surface area contributed by atoms with E-state index in [9.17, 15) is 8.42 Å². The summed E-state index contributed by atoms with van der Waals surface area (Å²) >= 11 is 5.34. The average Bonchev–Trinajstić information content (AvgIpc) is 3.24. The molecule has 7 nitrogen and oxygen atoms in total. The lowest BCUT2D eigenvalue weighted by Gasteiger charge is -2.13. The molecule has 1 aliphatic heterocycles. The van der Waals surface area contributed by atoms with Gasteiger partial charge in [-0.05, 0) is 36.3 Å². The minimum atomic E-state index is -3.94. The highest BCUT2D eigenvalue weighted by Crippen LogP contribution is 2.30. The van der Waals surface area contributed by atoms with Crippen LogP contribution in [-0.2, 0) is 21.4 Å². The number of rotatable bonds is 7. The summed E-state index contributed by atoms with van der Waals surface area (Å²) in [7, 11) is -3.94. The van der Waals surface area contributed by atoms with Gasteiger partial charge in [0.25, 0.3) is 15.1 Å². The molecule has 4 rings (SSSR count). The number of thioether (sulfide) groups is 2. The van der Waals surface area contributed by atoms with Crippen LogP contribution in [0, 0.1) is 0 Å². The maximum absolute atomic E-state index is 11.1. The topological polar surface area (TPSA) is 85.9 Å². The highest BCUT2D eigenvalue weighted by atomic mass is 32.2. The number of aromatic nitrogens is 1. The number of benzene rings is 2. The van der Waals surface area contributed by atoms with Crippen molar-refractivity contribution < 1.29 is 31.7 Å². The van der Waals surface area contributed by atoms with Crippen molar-refractivity contribution in [1.29, 1.82) is 0 Å². The van der Waals surface area contributed by atoms with Crippen LogP contribution in [0.1, 0.15) is 23.4 Å². The summed E-state index contributed by atoms with van der Waals surface area (Å²) in [6.07, 6.45) is 5.22. The molecule has 0 fully saturated rings. The van der Waals surface area contributed by atoms with Crippen LogP contribution in [0.4, 0.5) is 0 Å². The summed E-state index contributed by atoms with van der Waals surface area (Å²) in [4.78, 5) is 0. The summed E-state index contributed by atoms with van der Waals surface area (Å²) in [5.74, 6) is 5.01. The van der Waals surface area contributed by atoms with E-state index in [1.54, 1.807) is 11.3 Å². The number of hydrogen-bond donors (Lipinski definition) is 1. The SMILES string of the molecule is O=S(=O)(O)CCCC[n+]1c(/C=C/c2ccc3c(c2)OCCSCCOCCSCCO3)sc2ccccc21. The second-order valence-electron chi connectivity index (χ2n) is 8.63. The van der Waals surface area contributed by atoms with Crippen LogP contribution >= 0.6 is 34.9 Å². The molecular weight excluding hydrogens is 563 g/mol. The predicted molar refractivity (Wildman–Crippen MR) is 159 cm³/mol. The van der Waals surface area contributed by atoms with E-state index in [1.807, 2.05) is 53.9 Å². The van der Waals surface area contributed by atoms with Crippen LogP contribution < -0.4 is 14.0 Å². The van der Waals surface area contributed by atoms with E-state index in [0.29, 0.717) is 32.6 Å². The van der Waals surface area contributed by atoms with Crippen LogP contribution in [0.3, 0.4) is 0 Å². The molecule has 11 heteroatoms. The van der Waals surface area contributed by atoms with Gasteiger partial charge in [-0.3, -0.25) is 4.55 Å². The molecular formula is C27H34NO6S4+. The molecule has 3 aromatic rings. The first-order valence-corrected chi connectivity index (χ1v) is 17.4. The fourth-order valence-electron chi connectivity index (χ4n) is 3.95. The maximum Gasteiger partial charge on any atom is 0.264 e. The molecule has 2 heterocycles. The molecule has 2 aromatic carbocycles. The predicted octanol–water partition coefficient (Wildman–Crippen LogP) is 5.28. The Hall–Kier alpha value is -1.76. The van der Waals surface area contributed by atoms with Gasteiger partial charge in [-0.1, -0.05) is 29.5 Å². The fraction of sp³-hybridized carbons (Fsp3) is 0.444. The van der Waals surface area contributed by atoms with E-state index < -0.39 is 10.1 Å². The van der Waals surface area contributed by atoms with Crippen LogP contribution in [0.2, 0.25) is 0 Å². The molecule has 0 amide bonds. The number of thiazole rings is 1. The van der Waals surface area contributed by atoms with Gasteiger partial charge in [0.15, 0.2) is 18.0 Å². The second-order valence-corrected chi connectivity index (χ2v) is 13.7. The van der Waals surface area contributed by atoms with Gasteiger partial charge in [-0.15, -0.1) is 0 Å². The molecule has 38 heavy (non-hydrogen) atoms. The number of fused-ring (bicyclic) bond motifs is 2. The monoisotopic (exact) mass is 596 g/mol. The van der Waals surface area contributed by atoms with Crippen molar-refractivity contribution in [2.75, 3.05) is 55.2 Å². The molecule has 0 atom stereocenters. The van der Waals surface area contributed by atoms with Crippen molar-refractivity contribution in [3.8, 4) is 11.5 Å². The summed E-state index contributed by atoms with van der Waals surface area (Å²) in [6, 6.07) is 14.2. The smallest absolute Gasteiger partial charge is 0.264 e. The number of ether oxygens (including phenoxy) is 3. The van der Waals surface area contributed by atoms with Crippen LogP contribution in [0.25, 0.3) is 22.4 Å². The third kappa shape index (κ3) is 9.46. The molecule has 0 unspecified atom stereocenters. The molecule has 0 saturated carbocycles. The van der Waals surface area contributed by atoms with E-state index in [0.717, 1.165) is 63.8 Å². The molecule has 1 aromatic heterocycles. The minimum Gasteiger partial charge on any atom is -0.489 e. The average molecular weight is 597 g/mol. The Morgan fingerprint density at radius 2 is 1.58 bits per heavy atom. The van der Waals surface area contributed by atoms with E-state index in [1.165, 1.54) is 4.70 Å². The van der Waals surface area contributed by atoms with Gasteiger partial charge in [0, 0.05) is 41.6 Å². The van der Waals surface area contributed by atoms with Gasteiger partial charge in [-0.2, -0.15) is 36.5 Å². The zero-order valence-corrected chi connectivity index (χ0v) is 24.5. The van der Waals surface area contributed by atoms with Gasteiger partial charge in [0.05, 0.1) is 32.2 Å². The highest BCUT2D eigenvalue weighted by Gasteiger charge is 2.18. The lowest BCUT2D eigenvalue weighted by molar-refractivity contribution is -0.669. The van der Waals surface area contributed by atoms with Gasteiger partial charge in [-0.25, -0.2) is 0 Å². The molecule has 0 spiro atoms. The van der Waals surface area contributed by atoms with Crippen LogP contribution in [0.15, 0.2) is 42.5 Å². The standard InChI is InChI=1S/C27H33NO6S4/c29-38(30,31)20-4-3-11-28-23-5-1-2-6-26(23)37-27(28)10-8-22-7-9-24-25(21-22)34-15-19-36-17-13-32-12-16-35-18-14-33-24/h1-2,5-10,21H,3-4,11-20H2/p+1/b10-8+. The second kappa shape index (κ2) is 15.1. The number of hydrogen-bond acceptors (Lipinski definition) is 8. The Morgan fingerprint density at radius 3 is 2.34 bits per heavy atom. The summed E-state index contributed by atoms with van der Waals surface area (Å²) in [5.41, 5.74) is 2.12. The molecule has 0 saturated heterocycles. The van der Waals surface area contributed by atoms with E-state index in [2.05, 4.69) is 28.9 Å². The third-order valence-corrected chi connectivity index (χ3v) is 9.53. The summed E-state index contributed by atoms with van der Waals surface area (Å²) in [5, 5.41) is 1.07. The lowest BCUT2D eigenvalue weighted by atomic mass is 10.2. The van der Waals surface area contributed by atoms with Crippen molar-refractivity contribution >= 4 is 67.3 Å². The first kappa shape index (κ1) is 29.2. The van der Waals surface area contributed by atoms with Gasteiger partial charge in [0.1, 0.15) is 4.70 Å². The molecule has 206 valence electrons. The Balaban J connectivity index is 1.50. The van der Waals surface area contributed by atoms with Crippen LogP contribution in [-0.4, -0.2) is 68.2 Å². The van der Waals surface area contributed by atoms with E-state index in [4.69, 9.17) is 18.8 Å². The highest BCUT2D eigenvalue weighted by molar-refractivity contribution is 7.99. The van der Waals surface area contributed by atoms with Crippen molar-refractivity contribution in [2.24, 2.45) is 0 Å². The largest absolute Gasteiger partial charge is 0.489 e. The molecule has 1 N–H and O–H groups in total. The quantitative estimate of drug-likeness (QED) is 0.224. The Morgan fingerprint density at radius 1 is 0.868 bits per heavy atom. The zero-order valence-electron chi connectivity index (χ0n) is 21.3. The Labute approximate surface area is 237 Å². The zero-order chi connectivity index (χ0) is 26.6. The third-order valence-electron chi connectivity index (χ3n) is 5.77. The Kier molecular flexibility index (Phi) is 11.6. The summed E-state index contributed by atoms with van der Waals surface area (Å²) in [6.45, 7) is 3.43. The number of nitrogens with zero attached hydrogens (tertiary/aromatic N) is 1. The normalized spacial score (nSPS) is 16.3. The maximum atomic E-state index is 11.1. The van der Waals surface area contributed by atoms with Crippen molar-refractivity contribution in [1.82, 2.24) is 0 Å². The van der Waals surface area contributed by atoms with Crippen molar-refractivity contribution in [3.63, 3.8) is 0 Å². The molecule has 1 aliphatic rings. The van der Waals surface area contributed by atoms with Crippen molar-refractivity contribution in [3.05, 3.63) is 53.0 Å². The van der Waals surface area contributed by atoms with Crippen molar-refractivity contribution in [2.45, 2.75) is 19.4 Å². The molecule has 0 bridgehead atoms. The lowest BCUT2D eigenvalue weighted by Crippen LogP contribution is -2.35. The number of unbranched alkanes of at least 4 members (excludes halogenated alkanes) is 1. The first-order valence-electron chi connectivity index (χ1n) is 12.7. The Bertz CT molecular complexity index is 1310. The van der Waals surface area contributed by atoms with Gasteiger partial charge in [0.2, 0.25) is 5.52 Å². The number of para-hydroxylation sites is 1. The van der Waals surface area contributed by atoms with Crippen LogP contribution in [0.5, 0.6) is 11.5 Å². The fourth-order valence-corrected chi connectivity index (χ4v) is 6.89. The molecule has 0 radical (unpaired) electrons. The molecule has 0 aliphatic carbocycles. The minimum absolute atomic E-state index is 0.219.